The van der Waals surface area contributed by atoms with Crippen molar-refractivity contribution < 1.29 is 4.74 Å². The highest BCUT2D eigenvalue weighted by Gasteiger charge is 2.62. The first kappa shape index (κ1) is 13.0. The maximum atomic E-state index is 7.15. The summed E-state index contributed by atoms with van der Waals surface area (Å²) in [5.74, 6) is 4.46. The molecule has 22 heavy (non-hydrogen) atoms. The fourth-order valence-electron chi connectivity index (χ4n) is 7.30. The molecule has 5 saturated carbocycles. The van der Waals surface area contributed by atoms with Gasteiger partial charge in [-0.3, -0.25) is 0 Å². The lowest BCUT2D eigenvalue weighted by Crippen LogP contribution is -2.60. The summed E-state index contributed by atoms with van der Waals surface area (Å²) in [5.41, 5.74) is 1.80. The number of hydrogen-bond acceptors (Lipinski definition) is 2. The van der Waals surface area contributed by atoms with Crippen molar-refractivity contribution in [2.24, 2.45) is 23.7 Å². The molecule has 2 heteroatoms. The Morgan fingerprint density at radius 3 is 2.45 bits per heavy atom. The lowest BCUT2D eigenvalue weighted by Gasteiger charge is -2.63. The molecule has 0 unspecified atom stereocenters. The molecular formula is C20H26OS. The molecule has 1 spiro atoms. The molecule has 1 aliphatic heterocycles. The summed E-state index contributed by atoms with van der Waals surface area (Å²) >= 11 is 2.05. The third-order valence-corrected chi connectivity index (χ3v) is 8.90. The highest BCUT2D eigenvalue weighted by atomic mass is 32.1. The van der Waals surface area contributed by atoms with E-state index >= 15 is 0 Å². The summed E-state index contributed by atoms with van der Waals surface area (Å²) < 4.78 is 7.15. The average Bonchev–Trinajstić information content (AvgIpc) is 3.02. The van der Waals surface area contributed by atoms with Gasteiger partial charge in [0.15, 0.2) is 0 Å². The molecule has 0 radical (unpaired) electrons. The number of rotatable bonds is 0. The molecule has 1 aromatic heterocycles. The maximum Gasteiger partial charge on any atom is 0.100 e. The first-order valence-electron chi connectivity index (χ1n) is 9.60. The van der Waals surface area contributed by atoms with Crippen LogP contribution in [0, 0.1) is 23.7 Å². The van der Waals surface area contributed by atoms with Crippen LogP contribution in [-0.4, -0.2) is 6.10 Å². The van der Waals surface area contributed by atoms with Crippen LogP contribution >= 0.6 is 11.3 Å². The Bertz CT molecular complexity index is 575. The largest absolute Gasteiger partial charge is 0.366 e. The van der Waals surface area contributed by atoms with E-state index in [0.717, 1.165) is 29.6 Å². The smallest absolute Gasteiger partial charge is 0.100 e. The zero-order chi connectivity index (χ0) is 14.3. The SMILES string of the molecule is c1cc2c(s1)[C@@H]1CCCC[C@@H]1OC21C2CC3CC(C2)CC1C3. The topological polar surface area (TPSA) is 9.23 Å². The van der Waals surface area contributed by atoms with Crippen LogP contribution in [0.4, 0.5) is 0 Å². The van der Waals surface area contributed by atoms with Gasteiger partial charge in [-0.05, 0) is 85.6 Å². The van der Waals surface area contributed by atoms with Crippen LogP contribution in [0.2, 0.25) is 0 Å². The summed E-state index contributed by atoms with van der Waals surface area (Å²) in [6.07, 6.45) is 13.4. The van der Waals surface area contributed by atoms with E-state index in [1.807, 2.05) is 11.3 Å². The first-order valence-corrected chi connectivity index (χ1v) is 10.5. The molecule has 7 rings (SSSR count). The van der Waals surface area contributed by atoms with E-state index in [-0.39, 0.29) is 5.60 Å². The zero-order valence-electron chi connectivity index (χ0n) is 13.3. The van der Waals surface area contributed by atoms with E-state index in [2.05, 4.69) is 11.4 Å². The molecule has 5 fully saturated rings. The summed E-state index contributed by atoms with van der Waals surface area (Å²) in [5, 5.41) is 2.37. The molecule has 1 nitrogen and oxygen atoms in total. The van der Waals surface area contributed by atoms with Gasteiger partial charge < -0.3 is 4.74 Å². The Morgan fingerprint density at radius 2 is 1.68 bits per heavy atom. The van der Waals surface area contributed by atoms with E-state index in [4.69, 9.17) is 4.74 Å². The number of ether oxygens (including phenoxy) is 1. The summed E-state index contributed by atoms with van der Waals surface area (Å²) in [4.78, 5) is 1.74. The normalized spacial score (nSPS) is 51.8. The Labute approximate surface area is 137 Å². The minimum atomic E-state index is 0.140. The molecule has 5 aliphatic carbocycles. The molecule has 0 amide bonds. The van der Waals surface area contributed by atoms with Crippen LogP contribution in [0.15, 0.2) is 11.4 Å². The fourth-order valence-corrected chi connectivity index (χ4v) is 8.45. The molecule has 6 aliphatic rings. The standard InChI is InChI=1S/C20H26OS/c1-2-4-18-16(3-1)19-17(5-6-22-19)20(21-18)14-8-12-7-13(10-14)11-15(20)9-12/h5-6,12-16,18H,1-4,7-11H2/t12?,13?,14?,15?,16-,18+,20?/m1/s1. The van der Waals surface area contributed by atoms with E-state index in [1.54, 1.807) is 10.4 Å². The molecule has 2 heterocycles. The molecular weight excluding hydrogens is 288 g/mol. The van der Waals surface area contributed by atoms with Crippen molar-refractivity contribution in [3.8, 4) is 0 Å². The first-order chi connectivity index (χ1) is 10.8. The van der Waals surface area contributed by atoms with Crippen LogP contribution in [0.25, 0.3) is 0 Å². The molecule has 0 N–H and O–H groups in total. The Hall–Kier alpha value is -0.340. The molecule has 2 atom stereocenters. The quantitative estimate of drug-likeness (QED) is 0.618. The van der Waals surface area contributed by atoms with Gasteiger partial charge in [0.05, 0.1) is 6.10 Å². The van der Waals surface area contributed by atoms with Gasteiger partial charge in [0, 0.05) is 10.8 Å². The van der Waals surface area contributed by atoms with Crippen molar-refractivity contribution in [1.29, 1.82) is 0 Å². The fraction of sp³-hybridized carbons (Fsp3) is 0.800. The molecule has 0 saturated heterocycles. The van der Waals surface area contributed by atoms with Gasteiger partial charge in [0.1, 0.15) is 5.60 Å². The van der Waals surface area contributed by atoms with Gasteiger partial charge in [0.2, 0.25) is 0 Å². The van der Waals surface area contributed by atoms with E-state index in [0.29, 0.717) is 6.10 Å². The minimum absolute atomic E-state index is 0.140. The monoisotopic (exact) mass is 314 g/mol. The third kappa shape index (κ3) is 1.50. The van der Waals surface area contributed by atoms with Crippen molar-refractivity contribution in [3.63, 3.8) is 0 Å². The third-order valence-electron chi connectivity index (χ3n) is 7.85. The van der Waals surface area contributed by atoms with Crippen molar-refractivity contribution >= 4 is 11.3 Å². The lowest BCUT2D eigenvalue weighted by atomic mass is 9.47. The second kappa shape index (κ2) is 4.39. The van der Waals surface area contributed by atoms with Gasteiger partial charge in [-0.1, -0.05) is 12.8 Å². The van der Waals surface area contributed by atoms with Crippen LogP contribution in [-0.2, 0) is 10.3 Å². The maximum absolute atomic E-state index is 7.15. The van der Waals surface area contributed by atoms with Crippen LogP contribution in [0.1, 0.15) is 74.1 Å². The highest BCUT2D eigenvalue weighted by Crippen LogP contribution is 2.67. The second-order valence-corrected chi connectivity index (χ2v) is 9.79. The summed E-state index contributed by atoms with van der Waals surface area (Å²) in [6, 6.07) is 2.47. The van der Waals surface area contributed by atoms with E-state index in [1.165, 1.54) is 57.8 Å². The molecule has 118 valence electrons. The van der Waals surface area contributed by atoms with Crippen molar-refractivity contribution in [2.45, 2.75) is 75.4 Å². The van der Waals surface area contributed by atoms with E-state index < -0.39 is 0 Å². The number of hydrogen-bond donors (Lipinski definition) is 0. The van der Waals surface area contributed by atoms with Crippen LogP contribution < -0.4 is 0 Å². The molecule has 4 bridgehead atoms. The van der Waals surface area contributed by atoms with E-state index in [9.17, 15) is 0 Å². The Balaban J connectivity index is 1.52. The van der Waals surface area contributed by atoms with Crippen molar-refractivity contribution in [1.82, 2.24) is 0 Å². The number of fused-ring (bicyclic) bond motifs is 3. The van der Waals surface area contributed by atoms with Gasteiger partial charge in [-0.2, -0.15) is 0 Å². The highest BCUT2D eigenvalue weighted by molar-refractivity contribution is 7.10. The number of thiophene rings is 1. The molecule has 1 aromatic rings. The summed E-state index contributed by atoms with van der Waals surface area (Å²) in [7, 11) is 0. The van der Waals surface area contributed by atoms with Gasteiger partial charge in [-0.25, -0.2) is 0 Å². The van der Waals surface area contributed by atoms with Crippen molar-refractivity contribution in [2.75, 3.05) is 0 Å². The Kier molecular flexibility index (Phi) is 2.59. The molecule has 0 aromatic carbocycles. The van der Waals surface area contributed by atoms with Gasteiger partial charge in [0.25, 0.3) is 0 Å². The lowest BCUT2D eigenvalue weighted by molar-refractivity contribution is -0.248. The Morgan fingerprint density at radius 1 is 0.955 bits per heavy atom. The van der Waals surface area contributed by atoms with Gasteiger partial charge >= 0.3 is 0 Å². The van der Waals surface area contributed by atoms with Crippen LogP contribution in [0.3, 0.4) is 0 Å². The zero-order valence-corrected chi connectivity index (χ0v) is 14.1. The summed E-state index contributed by atoms with van der Waals surface area (Å²) in [6.45, 7) is 0. The predicted octanol–water partition coefficient (Wildman–Crippen LogP) is 5.46. The second-order valence-electron chi connectivity index (χ2n) is 8.84. The minimum Gasteiger partial charge on any atom is -0.366 e. The van der Waals surface area contributed by atoms with Crippen molar-refractivity contribution in [3.05, 3.63) is 21.9 Å². The van der Waals surface area contributed by atoms with Gasteiger partial charge in [-0.15, -0.1) is 11.3 Å². The predicted molar refractivity (Wildman–Crippen MR) is 89.1 cm³/mol. The van der Waals surface area contributed by atoms with Crippen LogP contribution in [0.5, 0.6) is 0 Å². The average molecular weight is 314 g/mol.